The van der Waals surface area contributed by atoms with Crippen molar-refractivity contribution < 1.29 is 4.52 Å². The van der Waals surface area contributed by atoms with Crippen LogP contribution in [0.15, 0.2) is 22.3 Å². The summed E-state index contributed by atoms with van der Waals surface area (Å²) in [6.45, 7) is 3.90. The van der Waals surface area contributed by atoms with E-state index in [9.17, 15) is 0 Å². The summed E-state index contributed by atoms with van der Waals surface area (Å²) in [6.07, 6.45) is 1.68. The van der Waals surface area contributed by atoms with Crippen molar-refractivity contribution in [1.29, 1.82) is 0 Å². The molecule has 0 saturated carbocycles. The Bertz CT molecular complexity index is 988. The molecule has 4 aromatic heterocycles. The minimum Gasteiger partial charge on any atom is -0.333 e. The third-order valence-electron chi connectivity index (χ3n) is 3.16. The highest BCUT2D eigenvalue weighted by Crippen LogP contribution is 2.31. The number of hydrogen-bond donors (Lipinski definition) is 0. The number of aryl methyl sites for hydroxylation is 2. The number of nitrogens with zero attached hydrogens (tertiary/aromatic N) is 6. The van der Waals surface area contributed by atoms with Crippen molar-refractivity contribution in [3.63, 3.8) is 0 Å². The molecule has 0 atom stereocenters. The summed E-state index contributed by atoms with van der Waals surface area (Å²) in [7, 11) is 0. The fourth-order valence-electron chi connectivity index (χ4n) is 2.22. The van der Waals surface area contributed by atoms with Gasteiger partial charge >= 0.3 is 0 Å². The molecule has 4 heterocycles. The van der Waals surface area contributed by atoms with Crippen LogP contribution >= 0.6 is 22.9 Å². The molecule has 22 heavy (non-hydrogen) atoms. The second kappa shape index (κ2) is 4.85. The third-order valence-corrected chi connectivity index (χ3v) is 4.38. The summed E-state index contributed by atoms with van der Waals surface area (Å²) in [6, 6.07) is 1.96. The monoisotopic (exact) mass is 332 g/mol. The molecule has 9 heteroatoms. The first-order chi connectivity index (χ1) is 10.6. The highest BCUT2D eigenvalue weighted by Gasteiger charge is 2.19. The largest absolute Gasteiger partial charge is 0.333 e. The molecule has 110 valence electrons. The maximum absolute atomic E-state index is 5.99. The van der Waals surface area contributed by atoms with E-state index in [-0.39, 0.29) is 0 Å². The Balaban J connectivity index is 1.87. The smallest absolute Gasteiger partial charge is 0.271 e. The molecule has 0 saturated heterocycles. The predicted molar refractivity (Wildman–Crippen MR) is 81.9 cm³/mol. The lowest BCUT2D eigenvalue weighted by molar-refractivity contribution is 0.433. The molecule has 0 spiro atoms. The van der Waals surface area contributed by atoms with Gasteiger partial charge in [0.25, 0.3) is 5.89 Å². The van der Waals surface area contributed by atoms with Gasteiger partial charge in [-0.1, -0.05) is 16.8 Å². The Kier molecular flexibility index (Phi) is 2.95. The van der Waals surface area contributed by atoms with E-state index >= 15 is 0 Å². The Morgan fingerprint density at radius 3 is 2.91 bits per heavy atom. The number of fused-ring (bicyclic) bond motifs is 1. The summed E-state index contributed by atoms with van der Waals surface area (Å²) in [5.74, 6) is 0.762. The Labute approximate surface area is 133 Å². The molecule has 4 rings (SSSR count). The number of thiazole rings is 1. The van der Waals surface area contributed by atoms with Crippen LogP contribution in [0.25, 0.3) is 27.8 Å². The fourth-order valence-corrected chi connectivity index (χ4v) is 3.14. The number of rotatable bonds is 2. The quantitative estimate of drug-likeness (QED) is 0.560. The van der Waals surface area contributed by atoms with E-state index in [0.717, 1.165) is 11.4 Å². The van der Waals surface area contributed by atoms with Gasteiger partial charge in [-0.15, -0.1) is 11.3 Å². The van der Waals surface area contributed by atoms with Gasteiger partial charge in [0.2, 0.25) is 5.82 Å². The average Bonchev–Trinajstić information content (AvgIpc) is 3.16. The molecule has 0 aromatic carbocycles. The van der Waals surface area contributed by atoms with E-state index in [4.69, 9.17) is 16.1 Å². The maximum atomic E-state index is 5.99. The van der Waals surface area contributed by atoms with Gasteiger partial charge in [0.05, 0.1) is 17.3 Å². The van der Waals surface area contributed by atoms with Gasteiger partial charge in [0.15, 0.2) is 10.8 Å². The SMILES string of the molecule is Cc1cc(C)n2ncc(-c3noc(-c4scnc4Cl)n3)c2n1. The van der Waals surface area contributed by atoms with Crippen molar-refractivity contribution in [2.45, 2.75) is 13.8 Å². The summed E-state index contributed by atoms with van der Waals surface area (Å²) in [5.41, 5.74) is 4.93. The molecule has 0 fully saturated rings. The molecule has 4 aromatic rings. The molecule has 7 nitrogen and oxygen atoms in total. The van der Waals surface area contributed by atoms with Crippen molar-refractivity contribution in [1.82, 2.24) is 29.7 Å². The van der Waals surface area contributed by atoms with E-state index in [1.807, 2.05) is 19.9 Å². The summed E-state index contributed by atoms with van der Waals surface area (Å²) >= 11 is 7.33. The zero-order valence-electron chi connectivity index (χ0n) is 11.6. The van der Waals surface area contributed by atoms with Crippen molar-refractivity contribution >= 4 is 28.6 Å². The highest BCUT2D eigenvalue weighted by molar-refractivity contribution is 7.13. The first-order valence-corrected chi connectivity index (χ1v) is 7.64. The molecule has 0 radical (unpaired) electrons. The van der Waals surface area contributed by atoms with Gasteiger partial charge in [-0.2, -0.15) is 10.1 Å². The van der Waals surface area contributed by atoms with Crippen LogP contribution in [0, 0.1) is 13.8 Å². The van der Waals surface area contributed by atoms with Crippen molar-refractivity contribution in [3.05, 3.63) is 34.3 Å². The van der Waals surface area contributed by atoms with E-state index in [1.54, 1.807) is 16.2 Å². The normalized spacial score (nSPS) is 11.4. The number of halogens is 1. The molecule has 0 N–H and O–H groups in total. The number of aromatic nitrogens is 6. The topological polar surface area (TPSA) is 82.0 Å². The lowest BCUT2D eigenvalue weighted by Crippen LogP contribution is -1.97. The van der Waals surface area contributed by atoms with Crippen LogP contribution in [0.2, 0.25) is 5.15 Å². The lowest BCUT2D eigenvalue weighted by Gasteiger charge is -2.00. The van der Waals surface area contributed by atoms with Crippen LogP contribution in [-0.4, -0.2) is 29.7 Å². The highest BCUT2D eigenvalue weighted by atomic mass is 35.5. The molecule has 0 unspecified atom stereocenters. The van der Waals surface area contributed by atoms with Gasteiger partial charge in [-0.05, 0) is 19.9 Å². The van der Waals surface area contributed by atoms with Crippen molar-refractivity contribution in [2.75, 3.05) is 0 Å². The van der Waals surface area contributed by atoms with E-state index in [1.165, 1.54) is 11.3 Å². The van der Waals surface area contributed by atoms with Crippen molar-refractivity contribution in [3.8, 4) is 22.2 Å². The van der Waals surface area contributed by atoms with Gasteiger partial charge in [0, 0.05) is 11.4 Å². The summed E-state index contributed by atoms with van der Waals surface area (Å²) in [4.78, 5) is 13.5. The lowest BCUT2D eigenvalue weighted by atomic mass is 10.3. The van der Waals surface area contributed by atoms with Gasteiger partial charge in [-0.3, -0.25) is 0 Å². The first-order valence-electron chi connectivity index (χ1n) is 6.39. The van der Waals surface area contributed by atoms with Crippen LogP contribution in [0.5, 0.6) is 0 Å². The molecular formula is C13H9ClN6OS. The van der Waals surface area contributed by atoms with E-state index in [0.29, 0.717) is 33.0 Å². The standard InChI is InChI=1S/C13H9ClN6OS/c1-6-3-7(2)20-12(17-6)8(4-16-20)11-18-13(21-19-11)9-10(14)15-5-22-9/h3-5H,1-2H3. The molecule has 0 aliphatic rings. The van der Waals surface area contributed by atoms with Crippen LogP contribution in [-0.2, 0) is 0 Å². The Hall–Kier alpha value is -2.32. The van der Waals surface area contributed by atoms with Crippen LogP contribution in [0.4, 0.5) is 0 Å². The molecule has 0 aliphatic carbocycles. The number of hydrogen-bond acceptors (Lipinski definition) is 7. The second-order valence-corrected chi connectivity index (χ2v) is 5.94. The molecular weight excluding hydrogens is 324 g/mol. The average molecular weight is 333 g/mol. The minimum absolute atomic E-state index is 0.339. The zero-order chi connectivity index (χ0) is 15.3. The second-order valence-electron chi connectivity index (χ2n) is 4.73. The molecule has 0 bridgehead atoms. The first kappa shape index (κ1) is 13.4. The Morgan fingerprint density at radius 1 is 1.27 bits per heavy atom. The van der Waals surface area contributed by atoms with Gasteiger partial charge < -0.3 is 4.52 Å². The van der Waals surface area contributed by atoms with Gasteiger partial charge in [-0.25, -0.2) is 14.5 Å². The van der Waals surface area contributed by atoms with Crippen LogP contribution in [0.1, 0.15) is 11.4 Å². The van der Waals surface area contributed by atoms with Crippen LogP contribution in [0.3, 0.4) is 0 Å². The Morgan fingerprint density at radius 2 is 2.14 bits per heavy atom. The van der Waals surface area contributed by atoms with Crippen LogP contribution < -0.4 is 0 Å². The third kappa shape index (κ3) is 1.99. The summed E-state index contributed by atoms with van der Waals surface area (Å²) < 4.78 is 7.03. The van der Waals surface area contributed by atoms with Crippen molar-refractivity contribution in [2.24, 2.45) is 0 Å². The minimum atomic E-state index is 0.339. The zero-order valence-corrected chi connectivity index (χ0v) is 13.2. The van der Waals surface area contributed by atoms with E-state index in [2.05, 4.69) is 25.2 Å². The summed E-state index contributed by atoms with van der Waals surface area (Å²) in [5, 5.41) is 8.68. The molecule has 0 aliphatic heterocycles. The molecule has 0 amide bonds. The maximum Gasteiger partial charge on any atom is 0.271 e. The predicted octanol–water partition coefficient (Wildman–Crippen LogP) is 3.17. The van der Waals surface area contributed by atoms with Gasteiger partial charge in [0.1, 0.15) is 4.88 Å². The fraction of sp³-hybridized carbons (Fsp3) is 0.154. The van der Waals surface area contributed by atoms with E-state index < -0.39 is 0 Å².